The summed E-state index contributed by atoms with van der Waals surface area (Å²) in [5.74, 6) is 1.19. The maximum atomic E-state index is 11.2. The van der Waals surface area contributed by atoms with E-state index >= 15 is 0 Å². The monoisotopic (exact) mass is 205 g/mol. The standard InChI is InChI=1S/C12H15NO2/c1-2-15-12-5-3-4-10(8-12)13-7-6-11(14)9-13/h3-5,8H,2,6-7,9H2,1H3. The lowest BCUT2D eigenvalue weighted by Crippen LogP contribution is -2.19. The van der Waals surface area contributed by atoms with E-state index in [0.29, 0.717) is 25.4 Å². The van der Waals surface area contributed by atoms with Crippen molar-refractivity contribution in [2.24, 2.45) is 0 Å². The zero-order chi connectivity index (χ0) is 10.7. The topological polar surface area (TPSA) is 29.5 Å². The smallest absolute Gasteiger partial charge is 0.153 e. The molecular weight excluding hydrogens is 190 g/mol. The summed E-state index contributed by atoms with van der Waals surface area (Å²) in [7, 11) is 0. The van der Waals surface area contributed by atoms with Crippen LogP contribution in [0.1, 0.15) is 13.3 Å². The summed E-state index contributed by atoms with van der Waals surface area (Å²) < 4.78 is 5.42. The van der Waals surface area contributed by atoms with Crippen LogP contribution >= 0.6 is 0 Å². The van der Waals surface area contributed by atoms with Crippen LogP contribution in [0.2, 0.25) is 0 Å². The molecule has 0 atom stereocenters. The maximum absolute atomic E-state index is 11.2. The second kappa shape index (κ2) is 4.34. The number of carbonyl (C=O) groups excluding carboxylic acids is 1. The van der Waals surface area contributed by atoms with Gasteiger partial charge < -0.3 is 9.64 Å². The average molecular weight is 205 g/mol. The summed E-state index contributed by atoms with van der Waals surface area (Å²) in [5.41, 5.74) is 1.08. The molecule has 0 N–H and O–H groups in total. The van der Waals surface area contributed by atoms with Crippen molar-refractivity contribution < 1.29 is 9.53 Å². The first-order valence-corrected chi connectivity index (χ1v) is 5.29. The molecule has 15 heavy (non-hydrogen) atoms. The summed E-state index contributed by atoms with van der Waals surface area (Å²) in [6.07, 6.45) is 0.666. The van der Waals surface area contributed by atoms with E-state index in [4.69, 9.17) is 4.74 Å². The Balaban J connectivity index is 2.14. The molecule has 80 valence electrons. The Bertz CT molecular complexity index is 362. The fourth-order valence-corrected chi connectivity index (χ4v) is 1.79. The van der Waals surface area contributed by atoms with E-state index in [9.17, 15) is 4.79 Å². The third kappa shape index (κ3) is 2.29. The summed E-state index contributed by atoms with van der Waals surface area (Å²) in [5, 5.41) is 0. The lowest BCUT2D eigenvalue weighted by Gasteiger charge is -2.17. The van der Waals surface area contributed by atoms with E-state index in [1.54, 1.807) is 0 Å². The molecule has 0 amide bonds. The number of hydrogen-bond acceptors (Lipinski definition) is 3. The van der Waals surface area contributed by atoms with Gasteiger partial charge in [0.05, 0.1) is 13.2 Å². The Morgan fingerprint density at radius 2 is 2.33 bits per heavy atom. The van der Waals surface area contributed by atoms with E-state index in [1.165, 1.54) is 0 Å². The van der Waals surface area contributed by atoms with Gasteiger partial charge in [-0.05, 0) is 19.1 Å². The van der Waals surface area contributed by atoms with Gasteiger partial charge in [-0.15, -0.1) is 0 Å². The van der Waals surface area contributed by atoms with Crippen LogP contribution < -0.4 is 9.64 Å². The zero-order valence-electron chi connectivity index (χ0n) is 8.90. The Morgan fingerprint density at radius 1 is 1.47 bits per heavy atom. The van der Waals surface area contributed by atoms with Crippen molar-refractivity contribution in [2.45, 2.75) is 13.3 Å². The fourth-order valence-electron chi connectivity index (χ4n) is 1.79. The molecule has 1 aromatic rings. The van der Waals surface area contributed by atoms with Crippen molar-refractivity contribution in [1.82, 2.24) is 0 Å². The molecule has 0 aromatic heterocycles. The molecule has 1 aromatic carbocycles. The van der Waals surface area contributed by atoms with Crippen LogP contribution in [0.15, 0.2) is 24.3 Å². The second-order valence-electron chi connectivity index (χ2n) is 3.64. The van der Waals surface area contributed by atoms with Gasteiger partial charge in [0.1, 0.15) is 5.75 Å². The number of ketones is 1. The van der Waals surface area contributed by atoms with Crippen LogP contribution in [0.5, 0.6) is 5.75 Å². The van der Waals surface area contributed by atoms with E-state index in [1.807, 2.05) is 31.2 Å². The number of carbonyl (C=O) groups is 1. The van der Waals surface area contributed by atoms with Gasteiger partial charge in [0.15, 0.2) is 5.78 Å². The van der Waals surface area contributed by atoms with Crippen molar-refractivity contribution in [3.63, 3.8) is 0 Å². The minimum atomic E-state index is 0.316. The summed E-state index contributed by atoms with van der Waals surface area (Å²) >= 11 is 0. The van der Waals surface area contributed by atoms with Gasteiger partial charge in [-0.1, -0.05) is 6.07 Å². The van der Waals surface area contributed by atoms with Crippen molar-refractivity contribution in [3.8, 4) is 5.75 Å². The normalized spacial score (nSPS) is 15.8. The molecule has 3 nitrogen and oxygen atoms in total. The van der Waals surface area contributed by atoms with Crippen molar-refractivity contribution >= 4 is 11.5 Å². The Kier molecular flexibility index (Phi) is 2.90. The van der Waals surface area contributed by atoms with E-state index in [-0.39, 0.29) is 0 Å². The highest BCUT2D eigenvalue weighted by atomic mass is 16.5. The first-order valence-electron chi connectivity index (χ1n) is 5.29. The molecule has 1 aliphatic rings. The highest BCUT2D eigenvalue weighted by molar-refractivity contribution is 5.87. The van der Waals surface area contributed by atoms with Gasteiger partial charge in [-0.25, -0.2) is 0 Å². The minimum absolute atomic E-state index is 0.316. The van der Waals surface area contributed by atoms with Gasteiger partial charge in [0.25, 0.3) is 0 Å². The molecule has 1 fully saturated rings. The lowest BCUT2D eigenvalue weighted by atomic mass is 10.3. The molecule has 1 aliphatic heterocycles. The number of Topliss-reactive ketones (excluding diaryl/α,β-unsaturated/α-hetero) is 1. The Labute approximate surface area is 89.7 Å². The van der Waals surface area contributed by atoms with E-state index in [2.05, 4.69) is 4.90 Å². The number of rotatable bonds is 3. The molecule has 0 spiro atoms. The molecule has 2 rings (SSSR count). The first-order chi connectivity index (χ1) is 7.29. The highest BCUT2D eigenvalue weighted by Gasteiger charge is 2.19. The quantitative estimate of drug-likeness (QED) is 0.754. The average Bonchev–Trinajstić information content (AvgIpc) is 2.66. The van der Waals surface area contributed by atoms with Gasteiger partial charge in [0, 0.05) is 24.7 Å². The molecule has 0 radical (unpaired) electrons. The number of hydrogen-bond donors (Lipinski definition) is 0. The van der Waals surface area contributed by atoms with Crippen LogP contribution in [0.25, 0.3) is 0 Å². The molecule has 1 heterocycles. The van der Waals surface area contributed by atoms with Gasteiger partial charge in [0.2, 0.25) is 0 Å². The Morgan fingerprint density at radius 3 is 3.00 bits per heavy atom. The SMILES string of the molecule is CCOc1cccc(N2CCC(=O)C2)c1. The van der Waals surface area contributed by atoms with Crippen LogP contribution in [-0.2, 0) is 4.79 Å². The molecule has 3 heteroatoms. The second-order valence-corrected chi connectivity index (χ2v) is 3.64. The largest absolute Gasteiger partial charge is 0.494 e. The molecule has 1 saturated heterocycles. The lowest BCUT2D eigenvalue weighted by molar-refractivity contribution is -0.116. The number of anilines is 1. The minimum Gasteiger partial charge on any atom is -0.494 e. The fraction of sp³-hybridized carbons (Fsp3) is 0.417. The van der Waals surface area contributed by atoms with Gasteiger partial charge >= 0.3 is 0 Å². The van der Waals surface area contributed by atoms with Crippen LogP contribution in [0, 0.1) is 0 Å². The van der Waals surface area contributed by atoms with Crippen LogP contribution in [0.3, 0.4) is 0 Å². The van der Waals surface area contributed by atoms with Crippen molar-refractivity contribution in [3.05, 3.63) is 24.3 Å². The summed E-state index contributed by atoms with van der Waals surface area (Å²) in [6, 6.07) is 7.90. The van der Waals surface area contributed by atoms with Crippen molar-refractivity contribution in [1.29, 1.82) is 0 Å². The molecule has 0 bridgehead atoms. The number of ether oxygens (including phenoxy) is 1. The van der Waals surface area contributed by atoms with E-state index < -0.39 is 0 Å². The molecule has 0 saturated carbocycles. The first kappa shape index (κ1) is 10.0. The van der Waals surface area contributed by atoms with Crippen LogP contribution in [0.4, 0.5) is 5.69 Å². The van der Waals surface area contributed by atoms with Crippen LogP contribution in [-0.4, -0.2) is 25.5 Å². The third-order valence-corrected chi connectivity index (χ3v) is 2.52. The van der Waals surface area contributed by atoms with E-state index in [0.717, 1.165) is 18.0 Å². The summed E-state index contributed by atoms with van der Waals surface area (Å²) in [6.45, 7) is 4.00. The predicted octanol–water partition coefficient (Wildman–Crippen LogP) is 1.86. The zero-order valence-corrected chi connectivity index (χ0v) is 8.90. The van der Waals surface area contributed by atoms with Gasteiger partial charge in [-0.3, -0.25) is 4.79 Å². The summed E-state index contributed by atoms with van der Waals surface area (Å²) in [4.78, 5) is 13.3. The van der Waals surface area contributed by atoms with Gasteiger partial charge in [-0.2, -0.15) is 0 Å². The highest BCUT2D eigenvalue weighted by Crippen LogP contribution is 2.23. The maximum Gasteiger partial charge on any atom is 0.153 e. The predicted molar refractivity (Wildman–Crippen MR) is 59.4 cm³/mol. The Hall–Kier alpha value is -1.51. The number of nitrogens with zero attached hydrogens (tertiary/aromatic N) is 1. The molecule has 0 unspecified atom stereocenters. The molecule has 0 aliphatic carbocycles. The third-order valence-electron chi connectivity index (χ3n) is 2.52. The number of benzene rings is 1. The van der Waals surface area contributed by atoms with Crippen molar-refractivity contribution in [2.75, 3.05) is 24.6 Å². The molecular formula is C12H15NO2.